The molecule has 1 atom stereocenters. The van der Waals surface area contributed by atoms with Crippen LogP contribution in [0, 0.1) is 5.41 Å². The van der Waals surface area contributed by atoms with Gasteiger partial charge in [-0.15, -0.1) is 0 Å². The molecule has 0 saturated carbocycles. The number of esters is 1. The predicted octanol–water partition coefficient (Wildman–Crippen LogP) is 4.75. The monoisotopic (exact) mass is 434 g/mol. The third-order valence-corrected chi connectivity index (χ3v) is 13.0. The van der Waals surface area contributed by atoms with E-state index >= 15 is 0 Å². The van der Waals surface area contributed by atoms with E-state index in [0.717, 1.165) is 18.2 Å². The third kappa shape index (κ3) is 13.1. The van der Waals surface area contributed by atoms with Gasteiger partial charge < -0.3 is 18.1 Å². The maximum absolute atomic E-state index is 12.0. The van der Waals surface area contributed by atoms with E-state index in [1.165, 1.54) is 0 Å². The first-order valence-electron chi connectivity index (χ1n) is 9.35. The molecule has 0 aliphatic heterocycles. The second-order valence-corrected chi connectivity index (χ2v) is 22.9. The van der Waals surface area contributed by atoms with Crippen molar-refractivity contribution < 1.29 is 27.7 Å². The average molecular weight is 435 g/mol. The van der Waals surface area contributed by atoms with Crippen LogP contribution in [-0.4, -0.2) is 48.3 Å². The first-order chi connectivity index (χ1) is 11.8. The Morgan fingerprint density at radius 1 is 0.926 bits per heavy atom. The van der Waals surface area contributed by atoms with Crippen LogP contribution in [0.4, 0.5) is 0 Å². The maximum Gasteiger partial charge on any atom is 0.331 e. The SMILES string of the molecule is CC(C)(C)C(CC[Si](C)(O[Si](C)(C)C)O[Si](C)(C)C)OC(=O)/C=C/C(=O)O. The fourth-order valence-corrected chi connectivity index (χ4v) is 15.3. The zero-order valence-electron chi connectivity index (χ0n) is 18.6. The molecule has 0 rings (SSSR count). The lowest BCUT2D eigenvalue weighted by Gasteiger charge is -2.40. The Bertz CT molecular complexity index is 525. The number of hydrogen-bond acceptors (Lipinski definition) is 5. The van der Waals surface area contributed by atoms with Crippen molar-refractivity contribution in [1.82, 2.24) is 0 Å². The molecule has 0 aliphatic carbocycles. The van der Waals surface area contributed by atoms with E-state index in [-0.39, 0.29) is 11.5 Å². The number of carbonyl (C=O) groups excluding carboxylic acids is 1. The molecule has 158 valence electrons. The van der Waals surface area contributed by atoms with Gasteiger partial charge in [-0.3, -0.25) is 0 Å². The van der Waals surface area contributed by atoms with Crippen molar-refractivity contribution in [3.8, 4) is 0 Å². The zero-order chi connectivity index (χ0) is 21.7. The van der Waals surface area contributed by atoms with Gasteiger partial charge in [-0.1, -0.05) is 20.8 Å². The van der Waals surface area contributed by atoms with Crippen LogP contribution in [0.3, 0.4) is 0 Å². The van der Waals surface area contributed by atoms with Gasteiger partial charge in [-0.05, 0) is 63.7 Å². The lowest BCUT2D eigenvalue weighted by atomic mass is 9.87. The van der Waals surface area contributed by atoms with E-state index in [1.54, 1.807) is 0 Å². The molecular weight excluding hydrogens is 396 g/mol. The minimum atomic E-state index is -2.43. The van der Waals surface area contributed by atoms with Crippen LogP contribution < -0.4 is 0 Å². The first kappa shape index (κ1) is 26.3. The Balaban J connectivity index is 5.32. The molecule has 1 N–H and O–H groups in total. The van der Waals surface area contributed by atoms with Crippen LogP contribution in [0.5, 0.6) is 0 Å². The van der Waals surface area contributed by atoms with Gasteiger partial charge in [0.05, 0.1) is 0 Å². The van der Waals surface area contributed by atoms with Crippen molar-refractivity contribution in [3.63, 3.8) is 0 Å². The van der Waals surface area contributed by atoms with Crippen molar-refractivity contribution >= 4 is 37.1 Å². The molecule has 0 bridgehead atoms. The van der Waals surface area contributed by atoms with Gasteiger partial charge in [0, 0.05) is 12.2 Å². The van der Waals surface area contributed by atoms with Crippen LogP contribution in [0.1, 0.15) is 27.2 Å². The lowest BCUT2D eigenvalue weighted by Crippen LogP contribution is -2.53. The number of aliphatic carboxylic acids is 1. The fraction of sp³-hybridized carbons (Fsp3) is 0.778. The van der Waals surface area contributed by atoms with Gasteiger partial charge in [-0.25, -0.2) is 9.59 Å². The summed E-state index contributed by atoms with van der Waals surface area (Å²) in [6.07, 6.45) is 2.01. The van der Waals surface area contributed by atoms with E-state index in [1.807, 2.05) is 20.8 Å². The van der Waals surface area contributed by atoms with Crippen LogP contribution in [0.2, 0.25) is 51.9 Å². The van der Waals surface area contributed by atoms with E-state index < -0.39 is 37.1 Å². The zero-order valence-corrected chi connectivity index (χ0v) is 21.6. The summed E-state index contributed by atoms with van der Waals surface area (Å²) in [5, 5.41) is 8.67. The minimum absolute atomic E-state index is 0.277. The predicted molar refractivity (Wildman–Crippen MR) is 116 cm³/mol. The van der Waals surface area contributed by atoms with Crippen LogP contribution >= 0.6 is 0 Å². The van der Waals surface area contributed by atoms with E-state index in [9.17, 15) is 9.59 Å². The van der Waals surface area contributed by atoms with E-state index in [2.05, 4.69) is 45.8 Å². The second kappa shape index (κ2) is 9.64. The molecule has 0 fully saturated rings. The van der Waals surface area contributed by atoms with Gasteiger partial charge in [0.25, 0.3) is 0 Å². The number of carboxylic acid groups (broad SMARTS) is 1. The topological polar surface area (TPSA) is 82.1 Å². The highest BCUT2D eigenvalue weighted by Gasteiger charge is 2.42. The molecule has 9 heteroatoms. The Morgan fingerprint density at radius 2 is 1.37 bits per heavy atom. The third-order valence-electron chi connectivity index (χ3n) is 3.49. The van der Waals surface area contributed by atoms with Crippen LogP contribution in [0.15, 0.2) is 12.2 Å². The van der Waals surface area contributed by atoms with Crippen LogP contribution in [0.25, 0.3) is 0 Å². The van der Waals surface area contributed by atoms with Crippen molar-refractivity contribution in [2.45, 2.75) is 85.2 Å². The molecule has 0 heterocycles. The number of hydrogen-bond donors (Lipinski definition) is 1. The van der Waals surface area contributed by atoms with Crippen molar-refractivity contribution in [2.75, 3.05) is 0 Å². The molecular formula is C18H38O6Si3. The standard InChI is InChI=1S/C18H38O6Si3/c1-18(2,3)15(22-17(21)12-11-16(19)20)13-14-27(10,23-25(4,5)6)24-26(7,8)9/h11-12,15H,13-14H2,1-10H3,(H,19,20)/b12-11+. The molecule has 0 radical (unpaired) electrons. The number of rotatable bonds is 10. The van der Waals surface area contributed by atoms with Crippen molar-refractivity contribution in [2.24, 2.45) is 5.41 Å². The van der Waals surface area contributed by atoms with E-state index in [4.69, 9.17) is 18.1 Å². The highest BCUT2D eigenvalue weighted by Crippen LogP contribution is 2.32. The summed E-state index contributed by atoms with van der Waals surface area (Å²) < 4.78 is 18.6. The second-order valence-electron chi connectivity index (χ2n) is 10.1. The Labute approximate surface area is 167 Å². The maximum atomic E-state index is 12.0. The van der Waals surface area contributed by atoms with Gasteiger partial charge in [0.2, 0.25) is 0 Å². The molecule has 27 heavy (non-hydrogen) atoms. The molecule has 0 aromatic carbocycles. The van der Waals surface area contributed by atoms with Gasteiger partial charge in [-0.2, -0.15) is 0 Å². The number of ether oxygens (including phenoxy) is 1. The molecule has 6 nitrogen and oxygen atoms in total. The average Bonchev–Trinajstić information content (AvgIpc) is 2.35. The molecule has 0 spiro atoms. The minimum Gasteiger partial charge on any atom is -0.478 e. The number of carbonyl (C=O) groups is 2. The fourth-order valence-electron chi connectivity index (χ4n) is 2.80. The summed E-state index contributed by atoms with van der Waals surface area (Å²) in [5.41, 5.74) is -0.277. The van der Waals surface area contributed by atoms with Crippen LogP contribution in [-0.2, 0) is 22.6 Å². The lowest BCUT2D eigenvalue weighted by molar-refractivity contribution is -0.149. The van der Waals surface area contributed by atoms with Crippen molar-refractivity contribution in [3.05, 3.63) is 12.2 Å². The summed E-state index contributed by atoms with van der Waals surface area (Å²) in [6, 6.07) is 0.722. The summed E-state index contributed by atoms with van der Waals surface area (Å²) in [7, 11) is -6.01. The molecule has 0 aromatic heterocycles. The molecule has 0 amide bonds. The normalized spacial score (nSPS) is 15.0. The highest BCUT2D eigenvalue weighted by atomic mass is 28.5. The summed E-state index contributed by atoms with van der Waals surface area (Å²) >= 11 is 0. The largest absolute Gasteiger partial charge is 0.478 e. The highest BCUT2D eigenvalue weighted by molar-refractivity contribution is 6.87. The molecule has 1 unspecified atom stereocenters. The Hall–Kier alpha value is -0.749. The first-order valence-corrected chi connectivity index (χ1v) is 18.7. The summed E-state index contributed by atoms with van der Waals surface area (Å²) in [6.45, 7) is 21.1. The molecule has 0 saturated heterocycles. The van der Waals surface area contributed by atoms with Gasteiger partial charge in [0.1, 0.15) is 6.10 Å². The number of carboxylic acids is 1. The van der Waals surface area contributed by atoms with Gasteiger partial charge >= 0.3 is 20.5 Å². The van der Waals surface area contributed by atoms with Gasteiger partial charge in [0.15, 0.2) is 16.6 Å². The smallest absolute Gasteiger partial charge is 0.331 e. The summed E-state index contributed by atoms with van der Waals surface area (Å²) in [4.78, 5) is 22.6. The van der Waals surface area contributed by atoms with E-state index in [0.29, 0.717) is 6.42 Å². The molecule has 0 aromatic rings. The Morgan fingerprint density at radius 3 is 1.70 bits per heavy atom. The van der Waals surface area contributed by atoms with Crippen molar-refractivity contribution in [1.29, 1.82) is 0 Å². The quantitative estimate of drug-likeness (QED) is 0.303. The molecule has 0 aliphatic rings. The summed E-state index contributed by atoms with van der Waals surface area (Å²) in [5.74, 6) is -1.82. The Kier molecular flexibility index (Phi) is 9.37.